The van der Waals surface area contributed by atoms with Gasteiger partial charge >= 0.3 is 18.0 Å². The Morgan fingerprint density at radius 2 is 1.53 bits per heavy atom. The smallest absolute Gasteiger partial charge is 0.323 e. The van der Waals surface area contributed by atoms with Gasteiger partial charge in [-0.3, -0.25) is 4.79 Å². The second-order valence-corrected chi connectivity index (χ2v) is 4.47. The van der Waals surface area contributed by atoms with Gasteiger partial charge in [-0.25, -0.2) is 9.59 Å². The number of hydrogen-bond acceptors (Lipinski definition) is 3. The van der Waals surface area contributed by atoms with Crippen molar-refractivity contribution in [3.63, 3.8) is 0 Å². The molecule has 0 rings (SSSR count). The fraction of sp³-hybridized carbons (Fsp3) is 0.727. The van der Waals surface area contributed by atoms with Gasteiger partial charge in [-0.1, -0.05) is 0 Å². The molecule has 8 heteroatoms. The molecule has 0 aliphatic carbocycles. The first-order valence-electron chi connectivity index (χ1n) is 5.97. The Kier molecular flexibility index (Phi) is 7.32. The Morgan fingerprint density at radius 3 is 1.89 bits per heavy atom. The maximum absolute atomic E-state index is 11.7. The van der Waals surface area contributed by atoms with E-state index < -0.39 is 12.0 Å². The van der Waals surface area contributed by atoms with Gasteiger partial charge in [0, 0.05) is 33.2 Å². The summed E-state index contributed by atoms with van der Waals surface area (Å²) >= 11 is 0. The molecular weight excluding hydrogens is 252 g/mol. The number of carbonyl (C=O) groups is 3. The van der Waals surface area contributed by atoms with Crippen LogP contribution in [0.1, 0.15) is 13.8 Å². The van der Waals surface area contributed by atoms with E-state index in [9.17, 15) is 14.4 Å². The SMILES string of the molecule is CC(C)N(CC(=O)O)C(=O)NCCNC(=O)N(C)C. The maximum atomic E-state index is 11.7. The molecule has 0 spiro atoms. The molecule has 4 amide bonds. The highest BCUT2D eigenvalue weighted by atomic mass is 16.4. The molecule has 0 saturated carbocycles. The average molecular weight is 274 g/mol. The Labute approximate surface area is 112 Å². The normalized spacial score (nSPS) is 9.95. The Hall–Kier alpha value is -1.99. The lowest BCUT2D eigenvalue weighted by molar-refractivity contribution is -0.138. The number of carbonyl (C=O) groups excluding carboxylic acids is 2. The fourth-order valence-electron chi connectivity index (χ4n) is 1.23. The number of urea groups is 2. The summed E-state index contributed by atoms with van der Waals surface area (Å²) in [6.45, 7) is 3.63. The summed E-state index contributed by atoms with van der Waals surface area (Å²) in [6, 6.07) is -0.926. The molecule has 0 aromatic heterocycles. The largest absolute Gasteiger partial charge is 0.480 e. The minimum absolute atomic E-state index is 0.215. The number of amides is 4. The van der Waals surface area contributed by atoms with E-state index in [-0.39, 0.29) is 31.7 Å². The summed E-state index contributed by atoms with van der Waals surface area (Å²) < 4.78 is 0. The van der Waals surface area contributed by atoms with E-state index in [1.807, 2.05) is 0 Å². The van der Waals surface area contributed by atoms with Gasteiger partial charge in [-0.05, 0) is 13.8 Å². The first kappa shape index (κ1) is 17.0. The molecule has 0 heterocycles. The van der Waals surface area contributed by atoms with Crippen LogP contribution < -0.4 is 10.6 Å². The van der Waals surface area contributed by atoms with Crippen LogP contribution in [0.2, 0.25) is 0 Å². The fourth-order valence-corrected chi connectivity index (χ4v) is 1.23. The quantitative estimate of drug-likeness (QED) is 0.582. The van der Waals surface area contributed by atoms with E-state index in [0.29, 0.717) is 0 Å². The maximum Gasteiger partial charge on any atom is 0.323 e. The van der Waals surface area contributed by atoms with E-state index in [1.54, 1.807) is 27.9 Å². The molecule has 0 aliphatic heterocycles. The summed E-state index contributed by atoms with van der Waals surface area (Å²) in [5, 5.41) is 13.8. The van der Waals surface area contributed by atoms with Crippen LogP contribution in [0.4, 0.5) is 9.59 Å². The van der Waals surface area contributed by atoms with Gasteiger partial charge in [0.05, 0.1) is 0 Å². The van der Waals surface area contributed by atoms with Gasteiger partial charge in [0.25, 0.3) is 0 Å². The van der Waals surface area contributed by atoms with Crippen LogP contribution in [0.15, 0.2) is 0 Å². The topological polar surface area (TPSA) is 102 Å². The molecule has 0 fully saturated rings. The van der Waals surface area contributed by atoms with Gasteiger partial charge < -0.3 is 25.5 Å². The predicted octanol–water partition coefficient (Wildman–Crippen LogP) is -0.238. The van der Waals surface area contributed by atoms with Gasteiger partial charge in [0.15, 0.2) is 0 Å². The van der Waals surface area contributed by atoms with Crippen molar-refractivity contribution in [1.29, 1.82) is 0 Å². The van der Waals surface area contributed by atoms with Crippen molar-refractivity contribution in [3.8, 4) is 0 Å². The van der Waals surface area contributed by atoms with Crippen molar-refractivity contribution in [2.75, 3.05) is 33.7 Å². The number of nitrogens with one attached hydrogen (secondary N) is 2. The molecule has 19 heavy (non-hydrogen) atoms. The van der Waals surface area contributed by atoms with Crippen LogP contribution in [-0.4, -0.2) is 72.7 Å². The molecule has 0 atom stereocenters. The average Bonchev–Trinajstić information content (AvgIpc) is 2.30. The second kappa shape index (κ2) is 8.17. The van der Waals surface area contributed by atoms with Crippen LogP contribution in [0.5, 0.6) is 0 Å². The highest BCUT2D eigenvalue weighted by molar-refractivity contribution is 5.80. The number of nitrogens with zero attached hydrogens (tertiary/aromatic N) is 2. The molecule has 0 aromatic rings. The van der Waals surface area contributed by atoms with Crippen LogP contribution in [-0.2, 0) is 4.79 Å². The summed E-state index contributed by atoms with van der Waals surface area (Å²) in [7, 11) is 3.22. The van der Waals surface area contributed by atoms with Crippen molar-refractivity contribution in [2.45, 2.75) is 19.9 Å². The standard InChI is InChI=1S/C11H22N4O4/c1-8(2)15(7-9(16)17)11(19)13-6-5-12-10(18)14(3)4/h8H,5-7H2,1-4H3,(H,12,18)(H,13,19)(H,16,17). The van der Waals surface area contributed by atoms with E-state index in [1.165, 1.54) is 9.80 Å². The number of carboxylic acids is 1. The molecule has 0 aromatic carbocycles. The van der Waals surface area contributed by atoms with Gasteiger partial charge in [-0.2, -0.15) is 0 Å². The lowest BCUT2D eigenvalue weighted by atomic mass is 10.3. The molecular formula is C11H22N4O4. The number of carboxylic acid groups (broad SMARTS) is 1. The number of aliphatic carboxylic acids is 1. The van der Waals surface area contributed by atoms with Crippen molar-refractivity contribution in [3.05, 3.63) is 0 Å². The van der Waals surface area contributed by atoms with Crippen LogP contribution in [0.25, 0.3) is 0 Å². The van der Waals surface area contributed by atoms with Crippen molar-refractivity contribution in [1.82, 2.24) is 20.4 Å². The van der Waals surface area contributed by atoms with Crippen LogP contribution in [0, 0.1) is 0 Å². The lowest BCUT2D eigenvalue weighted by Gasteiger charge is -2.25. The zero-order chi connectivity index (χ0) is 15.0. The molecule has 3 N–H and O–H groups in total. The molecule has 0 unspecified atom stereocenters. The summed E-state index contributed by atoms with van der Waals surface area (Å²) in [5.74, 6) is -1.07. The molecule has 0 saturated heterocycles. The lowest BCUT2D eigenvalue weighted by Crippen LogP contribution is -2.48. The Balaban J connectivity index is 4.07. The summed E-state index contributed by atoms with van der Waals surface area (Å²) in [6.07, 6.45) is 0. The minimum atomic E-state index is -1.07. The van der Waals surface area contributed by atoms with Crippen molar-refractivity contribution < 1.29 is 19.5 Å². The summed E-state index contributed by atoms with van der Waals surface area (Å²) in [4.78, 5) is 36.1. The van der Waals surface area contributed by atoms with E-state index in [2.05, 4.69) is 10.6 Å². The zero-order valence-electron chi connectivity index (χ0n) is 11.8. The number of hydrogen-bond donors (Lipinski definition) is 3. The molecule has 0 radical (unpaired) electrons. The van der Waals surface area contributed by atoms with E-state index in [4.69, 9.17) is 5.11 Å². The first-order chi connectivity index (χ1) is 8.75. The van der Waals surface area contributed by atoms with Crippen LogP contribution in [0.3, 0.4) is 0 Å². The highest BCUT2D eigenvalue weighted by Gasteiger charge is 2.19. The molecule has 110 valence electrons. The second-order valence-electron chi connectivity index (χ2n) is 4.47. The Morgan fingerprint density at radius 1 is 1.05 bits per heavy atom. The third kappa shape index (κ3) is 7.12. The van der Waals surface area contributed by atoms with Gasteiger partial charge in [0.1, 0.15) is 6.54 Å². The van der Waals surface area contributed by atoms with Crippen molar-refractivity contribution >= 4 is 18.0 Å². The van der Waals surface area contributed by atoms with Gasteiger partial charge in [-0.15, -0.1) is 0 Å². The first-order valence-corrected chi connectivity index (χ1v) is 5.97. The monoisotopic (exact) mass is 274 g/mol. The van der Waals surface area contributed by atoms with Crippen LogP contribution >= 0.6 is 0 Å². The van der Waals surface area contributed by atoms with Gasteiger partial charge in [0.2, 0.25) is 0 Å². The predicted molar refractivity (Wildman–Crippen MR) is 70.0 cm³/mol. The Bertz CT molecular complexity index is 331. The minimum Gasteiger partial charge on any atom is -0.480 e. The number of rotatable bonds is 6. The van der Waals surface area contributed by atoms with E-state index in [0.717, 1.165) is 0 Å². The zero-order valence-corrected chi connectivity index (χ0v) is 11.8. The highest BCUT2D eigenvalue weighted by Crippen LogP contribution is 1.98. The molecule has 0 aliphatic rings. The molecule has 8 nitrogen and oxygen atoms in total. The molecule has 0 bridgehead atoms. The summed E-state index contributed by atoms with van der Waals surface area (Å²) in [5.41, 5.74) is 0. The third-order valence-electron chi connectivity index (χ3n) is 2.27. The van der Waals surface area contributed by atoms with Crippen molar-refractivity contribution in [2.24, 2.45) is 0 Å². The van der Waals surface area contributed by atoms with E-state index >= 15 is 0 Å². The third-order valence-corrected chi connectivity index (χ3v) is 2.27.